The van der Waals surface area contributed by atoms with E-state index in [4.69, 9.17) is 17.0 Å². The molecular weight excluding hydrogens is 506 g/mol. The minimum Gasteiger partial charge on any atom is -0.497 e. The standard InChI is InChI=1S/C31H33N5O2S/c1-20-10-5-6-13-26(20)33-28(37)15-17-35-30(29(34-31(35)39)27-14-7-8-16-32-27)25-18-21(2)36(22(25)3)23-11-9-12-24(19-23)38-4/h5-14,16,18-19,29-30H,15,17H2,1-4H3,(H,33,37)(H,34,39). The molecule has 4 aromatic rings. The monoisotopic (exact) mass is 539 g/mol. The first-order valence-electron chi connectivity index (χ1n) is 13.0. The molecule has 5 rings (SSSR count). The maximum atomic E-state index is 13.0. The molecule has 39 heavy (non-hydrogen) atoms. The highest BCUT2D eigenvalue weighted by atomic mass is 32.1. The van der Waals surface area contributed by atoms with Gasteiger partial charge in [0, 0.05) is 48.0 Å². The fourth-order valence-electron chi connectivity index (χ4n) is 5.37. The number of ether oxygens (including phenoxy) is 1. The molecule has 8 heteroatoms. The summed E-state index contributed by atoms with van der Waals surface area (Å²) >= 11 is 5.84. The van der Waals surface area contributed by atoms with E-state index in [2.05, 4.69) is 51.1 Å². The molecule has 0 radical (unpaired) electrons. The highest BCUT2D eigenvalue weighted by Crippen LogP contribution is 2.41. The Kier molecular flexibility index (Phi) is 7.65. The van der Waals surface area contributed by atoms with Gasteiger partial charge in [-0.05, 0) is 80.5 Å². The van der Waals surface area contributed by atoms with Gasteiger partial charge in [0.25, 0.3) is 0 Å². The molecular formula is C31H33N5O2S. The molecule has 2 aromatic carbocycles. The molecule has 3 heterocycles. The van der Waals surface area contributed by atoms with E-state index in [1.54, 1.807) is 13.3 Å². The summed E-state index contributed by atoms with van der Waals surface area (Å²) < 4.78 is 7.71. The number of nitrogens with zero attached hydrogens (tertiary/aromatic N) is 3. The van der Waals surface area contributed by atoms with Crippen molar-refractivity contribution in [1.82, 2.24) is 19.8 Å². The van der Waals surface area contributed by atoms with E-state index in [0.717, 1.165) is 45.3 Å². The zero-order valence-electron chi connectivity index (χ0n) is 22.6. The maximum Gasteiger partial charge on any atom is 0.226 e. The number of hydrogen-bond acceptors (Lipinski definition) is 4. The van der Waals surface area contributed by atoms with Gasteiger partial charge in [0.15, 0.2) is 5.11 Å². The Bertz CT molecular complexity index is 1500. The average Bonchev–Trinajstić information content (AvgIpc) is 3.43. The van der Waals surface area contributed by atoms with Crippen LogP contribution in [0.2, 0.25) is 0 Å². The van der Waals surface area contributed by atoms with E-state index >= 15 is 0 Å². The van der Waals surface area contributed by atoms with Crippen LogP contribution < -0.4 is 15.4 Å². The predicted molar refractivity (Wildman–Crippen MR) is 158 cm³/mol. The summed E-state index contributed by atoms with van der Waals surface area (Å²) in [6.45, 7) is 6.69. The van der Waals surface area contributed by atoms with Crippen LogP contribution in [0.5, 0.6) is 5.75 Å². The van der Waals surface area contributed by atoms with Crippen LogP contribution in [0.25, 0.3) is 5.69 Å². The van der Waals surface area contributed by atoms with E-state index in [-0.39, 0.29) is 18.0 Å². The molecule has 1 amide bonds. The number of nitrogens with one attached hydrogen (secondary N) is 2. The molecule has 2 atom stereocenters. The molecule has 0 spiro atoms. The Balaban J connectivity index is 1.48. The van der Waals surface area contributed by atoms with E-state index in [1.165, 1.54) is 0 Å². The summed E-state index contributed by atoms with van der Waals surface area (Å²) in [5.41, 5.74) is 7.14. The Labute approximate surface area is 234 Å². The van der Waals surface area contributed by atoms with Crippen LogP contribution >= 0.6 is 12.2 Å². The van der Waals surface area contributed by atoms with E-state index in [0.29, 0.717) is 18.1 Å². The van der Waals surface area contributed by atoms with Crippen molar-refractivity contribution in [1.29, 1.82) is 0 Å². The van der Waals surface area contributed by atoms with Crippen LogP contribution in [0.1, 0.15) is 46.7 Å². The third-order valence-corrected chi connectivity index (χ3v) is 7.65. The van der Waals surface area contributed by atoms with Gasteiger partial charge in [0.05, 0.1) is 24.9 Å². The second-order valence-corrected chi connectivity index (χ2v) is 10.2. The van der Waals surface area contributed by atoms with Gasteiger partial charge in [-0.2, -0.15) is 0 Å². The highest BCUT2D eigenvalue weighted by Gasteiger charge is 2.41. The summed E-state index contributed by atoms with van der Waals surface area (Å²) in [7, 11) is 1.68. The summed E-state index contributed by atoms with van der Waals surface area (Å²) in [5.74, 6) is 0.756. The van der Waals surface area contributed by atoms with Gasteiger partial charge >= 0.3 is 0 Å². The van der Waals surface area contributed by atoms with E-state index in [1.807, 2.05) is 67.6 Å². The first-order valence-corrected chi connectivity index (χ1v) is 13.4. The fourth-order valence-corrected chi connectivity index (χ4v) is 5.70. The number of rotatable bonds is 8. The molecule has 2 unspecified atom stereocenters. The van der Waals surface area contributed by atoms with Gasteiger partial charge in [-0.25, -0.2) is 0 Å². The molecule has 1 fully saturated rings. The second kappa shape index (κ2) is 11.3. The van der Waals surface area contributed by atoms with Gasteiger partial charge in [-0.3, -0.25) is 9.78 Å². The lowest BCUT2D eigenvalue weighted by Gasteiger charge is -2.28. The van der Waals surface area contributed by atoms with Crippen molar-refractivity contribution in [3.63, 3.8) is 0 Å². The topological polar surface area (TPSA) is 71.4 Å². The normalized spacial score (nSPS) is 16.7. The average molecular weight is 540 g/mol. The Morgan fingerprint density at radius 3 is 2.59 bits per heavy atom. The number of para-hydroxylation sites is 1. The Morgan fingerprint density at radius 1 is 1.05 bits per heavy atom. The summed E-state index contributed by atoms with van der Waals surface area (Å²) in [6.07, 6.45) is 2.10. The quantitative estimate of drug-likeness (QED) is 0.276. The number of benzene rings is 2. The molecule has 200 valence electrons. The van der Waals surface area contributed by atoms with Crippen LogP contribution in [0.3, 0.4) is 0 Å². The minimum absolute atomic E-state index is 0.0472. The van der Waals surface area contributed by atoms with Gasteiger partial charge < -0.3 is 24.8 Å². The predicted octanol–water partition coefficient (Wildman–Crippen LogP) is 5.81. The summed E-state index contributed by atoms with van der Waals surface area (Å²) in [4.78, 5) is 19.7. The van der Waals surface area contributed by atoms with Gasteiger partial charge in [-0.15, -0.1) is 0 Å². The second-order valence-electron chi connectivity index (χ2n) is 9.80. The largest absolute Gasteiger partial charge is 0.497 e. The van der Waals surface area contributed by atoms with Crippen molar-refractivity contribution in [2.75, 3.05) is 19.0 Å². The van der Waals surface area contributed by atoms with Crippen LogP contribution in [-0.2, 0) is 4.79 Å². The molecule has 0 bridgehead atoms. The number of aryl methyl sites for hydroxylation is 2. The minimum atomic E-state index is -0.155. The lowest BCUT2D eigenvalue weighted by atomic mass is 9.96. The SMILES string of the molecule is COc1cccc(-n2c(C)cc(C3C(c4ccccn4)NC(=S)N3CCC(=O)Nc3ccccc3C)c2C)c1. The number of thiocarbonyl (C=S) groups is 1. The van der Waals surface area contributed by atoms with E-state index in [9.17, 15) is 4.79 Å². The number of carbonyl (C=O) groups is 1. The number of aromatic nitrogens is 2. The highest BCUT2D eigenvalue weighted by molar-refractivity contribution is 7.80. The van der Waals surface area contributed by atoms with Crippen molar-refractivity contribution in [3.8, 4) is 11.4 Å². The number of pyridine rings is 1. The molecule has 1 aliphatic heterocycles. The number of methoxy groups -OCH3 is 1. The van der Waals surface area contributed by atoms with Gasteiger partial charge in [-0.1, -0.05) is 30.3 Å². The van der Waals surface area contributed by atoms with Crippen molar-refractivity contribution in [3.05, 3.63) is 107 Å². The molecule has 0 aliphatic carbocycles. The van der Waals surface area contributed by atoms with Crippen LogP contribution in [-0.4, -0.2) is 39.1 Å². The first-order chi connectivity index (χ1) is 18.9. The Hall–Kier alpha value is -4.17. The molecule has 2 N–H and O–H groups in total. The van der Waals surface area contributed by atoms with Crippen LogP contribution in [0.4, 0.5) is 5.69 Å². The van der Waals surface area contributed by atoms with Crippen LogP contribution in [0.15, 0.2) is 79.0 Å². The lowest BCUT2D eigenvalue weighted by Crippen LogP contribution is -2.33. The van der Waals surface area contributed by atoms with Gasteiger partial charge in [0.1, 0.15) is 5.75 Å². The van der Waals surface area contributed by atoms with Gasteiger partial charge in [0.2, 0.25) is 5.91 Å². The van der Waals surface area contributed by atoms with Crippen LogP contribution in [0, 0.1) is 20.8 Å². The third-order valence-electron chi connectivity index (χ3n) is 7.30. The van der Waals surface area contributed by atoms with Crippen molar-refractivity contribution < 1.29 is 9.53 Å². The zero-order chi connectivity index (χ0) is 27.5. The van der Waals surface area contributed by atoms with Crippen molar-refractivity contribution >= 4 is 28.9 Å². The molecule has 2 aromatic heterocycles. The number of carbonyl (C=O) groups excluding carboxylic acids is 1. The molecule has 7 nitrogen and oxygen atoms in total. The summed E-state index contributed by atoms with van der Waals surface area (Å²) in [6, 6.07) is 23.7. The summed E-state index contributed by atoms with van der Waals surface area (Å²) in [5, 5.41) is 7.16. The number of hydrogen-bond donors (Lipinski definition) is 2. The molecule has 0 saturated carbocycles. The van der Waals surface area contributed by atoms with Crippen molar-refractivity contribution in [2.24, 2.45) is 0 Å². The van der Waals surface area contributed by atoms with Crippen molar-refractivity contribution in [2.45, 2.75) is 39.3 Å². The smallest absolute Gasteiger partial charge is 0.226 e. The lowest BCUT2D eigenvalue weighted by molar-refractivity contribution is -0.116. The number of amides is 1. The first kappa shape index (κ1) is 26.4. The fraction of sp³-hybridized carbons (Fsp3) is 0.258. The molecule has 1 aliphatic rings. The maximum absolute atomic E-state index is 13.0. The Morgan fingerprint density at radius 2 is 1.85 bits per heavy atom. The zero-order valence-corrected chi connectivity index (χ0v) is 23.5. The third kappa shape index (κ3) is 5.38. The number of anilines is 1. The van der Waals surface area contributed by atoms with E-state index < -0.39 is 0 Å². The molecule has 1 saturated heterocycles.